The van der Waals surface area contributed by atoms with Crippen LogP contribution in [0.5, 0.6) is 0 Å². The van der Waals surface area contributed by atoms with E-state index in [9.17, 15) is 0 Å². The van der Waals surface area contributed by atoms with Crippen molar-refractivity contribution in [2.45, 2.75) is 0 Å². The molecule has 0 aliphatic carbocycles. The molecule has 3 heterocycles. The SMILES string of the molecule is c1ccc(-c2cccc(-n3c4ccc(-c5ccccc5)cc4c4c(-c5cccc(-c6nc(-c7ccccc7)c7c(n6)oc6ccccc67)c5)cccc43)c2)cc1. The minimum atomic E-state index is 0.580. The van der Waals surface area contributed by atoms with Gasteiger partial charge in [0, 0.05) is 33.0 Å². The Kier molecular flexibility index (Phi) is 7.46. The minimum Gasteiger partial charge on any atom is -0.438 e. The average Bonchev–Trinajstić information content (AvgIpc) is 3.83. The third-order valence-corrected chi connectivity index (χ3v) is 10.8. The molecule has 262 valence electrons. The summed E-state index contributed by atoms with van der Waals surface area (Å²) in [5, 5.41) is 4.32. The number of aromatic nitrogens is 3. The van der Waals surface area contributed by atoms with Crippen molar-refractivity contribution >= 4 is 43.9 Å². The fourth-order valence-corrected chi connectivity index (χ4v) is 8.24. The summed E-state index contributed by atoms with van der Waals surface area (Å²) in [5.74, 6) is 0.621. The molecule has 4 nitrogen and oxygen atoms in total. The zero-order valence-corrected chi connectivity index (χ0v) is 30.3. The highest BCUT2D eigenvalue weighted by atomic mass is 16.3. The first-order valence-corrected chi connectivity index (χ1v) is 18.9. The topological polar surface area (TPSA) is 43.9 Å². The van der Waals surface area contributed by atoms with Crippen molar-refractivity contribution in [3.8, 4) is 61.7 Å². The number of para-hydroxylation sites is 1. The van der Waals surface area contributed by atoms with Crippen molar-refractivity contribution in [2.24, 2.45) is 0 Å². The maximum absolute atomic E-state index is 6.37. The van der Waals surface area contributed by atoms with Gasteiger partial charge in [0.1, 0.15) is 5.58 Å². The van der Waals surface area contributed by atoms with Gasteiger partial charge in [-0.05, 0) is 75.8 Å². The first kappa shape index (κ1) is 31.9. The van der Waals surface area contributed by atoms with Gasteiger partial charge in [-0.15, -0.1) is 0 Å². The van der Waals surface area contributed by atoms with E-state index in [1.807, 2.05) is 36.4 Å². The molecule has 0 radical (unpaired) electrons. The highest BCUT2D eigenvalue weighted by Crippen LogP contribution is 2.42. The van der Waals surface area contributed by atoms with Crippen LogP contribution in [0.15, 0.2) is 205 Å². The number of hydrogen-bond donors (Lipinski definition) is 0. The van der Waals surface area contributed by atoms with Crippen LogP contribution in [0.4, 0.5) is 0 Å². The van der Waals surface area contributed by atoms with E-state index in [-0.39, 0.29) is 0 Å². The summed E-state index contributed by atoms with van der Waals surface area (Å²) in [6.07, 6.45) is 0. The van der Waals surface area contributed by atoms with E-state index in [1.165, 1.54) is 33.0 Å². The zero-order chi connectivity index (χ0) is 37.0. The fourth-order valence-electron chi connectivity index (χ4n) is 8.24. The van der Waals surface area contributed by atoms with Gasteiger partial charge in [0.15, 0.2) is 5.82 Å². The molecule has 0 bridgehead atoms. The molecule has 0 aliphatic rings. The Bertz CT molecular complexity index is 3240. The normalized spacial score (nSPS) is 11.6. The minimum absolute atomic E-state index is 0.580. The number of fused-ring (bicyclic) bond motifs is 6. The number of nitrogens with zero attached hydrogens (tertiary/aromatic N) is 3. The molecule has 0 unspecified atom stereocenters. The highest BCUT2D eigenvalue weighted by Gasteiger charge is 2.20. The van der Waals surface area contributed by atoms with Gasteiger partial charge in [0.05, 0.1) is 22.1 Å². The number of hydrogen-bond acceptors (Lipinski definition) is 3. The van der Waals surface area contributed by atoms with Gasteiger partial charge in [0.25, 0.3) is 0 Å². The van der Waals surface area contributed by atoms with Gasteiger partial charge in [0.2, 0.25) is 5.71 Å². The summed E-state index contributed by atoms with van der Waals surface area (Å²) >= 11 is 0. The summed E-state index contributed by atoms with van der Waals surface area (Å²) < 4.78 is 8.78. The lowest BCUT2D eigenvalue weighted by atomic mass is 9.96. The number of benzene rings is 8. The summed E-state index contributed by atoms with van der Waals surface area (Å²) in [6, 6.07) is 70.6. The molecule has 0 spiro atoms. The quantitative estimate of drug-likeness (QED) is 0.172. The second-order valence-corrected chi connectivity index (χ2v) is 14.2. The van der Waals surface area contributed by atoms with Crippen molar-refractivity contribution in [1.29, 1.82) is 0 Å². The van der Waals surface area contributed by atoms with Gasteiger partial charge in [-0.3, -0.25) is 0 Å². The Morgan fingerprint density at radius 2 is 1.00 bits per heavy atom. The lowest BCUT2D eigenvalue weighted by Crippen LogP contribution is -1.95. The van der Waals surface area contributed by atoms with Crippen LogP contribution in [0.25, 0.3) is 106 Å². The van der Waals surface area contributed by atoms with Gasteiger partial charge < -0.3 is 8.98 Å². The molecule has 0 saturated heterocycles. The lowest BCUT2D eigenvalue weighted by molar-refractivity contribution is 0.653. The molecule has 0 N–H and O–H groups in total. The third kappa shape index (κ3) is 5.31. The highest BCUT2D eigenvalue weighted by molar-refractivity contribution is 6.17. The molecule has 0 atom stereocenters. The van der Waals surface area contributed by atoms with E-state index in [1.54, 1.807) is 0 Å². The Morgan fingerprint density at radius 3 is 1.79 bits per heavy atom. The maximum Gasteiger partial charge on any atom is 0.231 e. The van der Waals surface area contributed by atoms with Crippen molar-refractivity contribution in [1.82, 2.24) is 14.5 Å². The summed E-state index contributed by atoms with van der Waals surface area (Å²) in [6.45, 7) is 0. The molecule has 0 saturated carbocycles. The van der Waals surface area contributed by atoms with Crippen molar-refractivity contribution in [3.63, 3.8) is 0 Å². The van der Waals surface area contributed by atoms with Gasteiger partial charge >= 0.3 is 0 Å². The smallest absolute Gasteiger partial charge is 0.231 e. The Hall–Kier alpha value is -7.56. The largest absolute Gasteiger partial charge is 0.438 e. The van der Waals surface area contributed by atoms with Gasteiger partial charge in [-0.2, -0.15) is 4.98 Å². The molecule has 0 aliphatic heterocycles. The van der Waals surface area contributed by atoms with E-state index in [0.717, 1.165) is 61.0 Å². The second kappa shape index (κ2) is 13.1. The standard InChI is InChI=1S/C52H33N3O/c1-4-15-34(16-5-1)37-21-13-24-41(32-37)55-45-30-29-38(35-17-6-2-7-18-35)33-44(45)48-42(26-14-27-46(48)55)39-22-12-23-40(31-39)51-53-50(36-19-8-3-9-20-36)49-43-25-10-11-28-47(43)56-52(49)54-51/h1-33H. The van der Waals surface area contributed by atoms with Crippen molar-refractivity contribution < 1.29 is 4.42 Å². The molecular weight excluding hydrogens is 683 g/mol. The fraction of sp³-hybridized carbons (Fsp3) is 0. The Labute approximate surface area is 323 Å². The molecule has 11 rings (SSSR count). The van der Waals surface area contributed by atoms with Crippen LogP contribution in [-0.2, 0) is 0 Å². The van der Waals surface area contributed by atoms with Gasteiger partial charge in [-0.25, -0.2) is 4.98 Å². The van der Waals surface area contributed by atoms with Crippen LogP contribution >= 0.6 is 0 Å². The lowest BCUT2D eigenvalue weighted by Gasteiger charge is -2.11. The van der Waals surface area contributed by atoms with Crippen LogP contribution in [0, 0.1) is 0 Å². The van der Waals surface area contributed by atoms with E-state index >= 15 is 0 Å². The first-order valence-electron chi connectivity index (χ1n) is 18.9. The molecular formula is C52H33N3O. The summed E-state index contributed by atoms with van der Waals surface area (Å²) in [7, 11) is 0. The van der Waals surface area contributed by atoms with E-state index < -0.39 is 0 Å². The second-order valence-electron chi connectivity index (χ2n) is 14.2. The number of rotatable bonds is 6. The van der Waals surface area contributed by atoms with Crippen LogP contribution in [0.3, 0.4) is 0 Å². The van der Waals surface area contributed by atoms with E-state index in [0.29, 0.717) is 11.5 Å². The van der Waals surface area contributed by atoms with Gasteiger partial charge in [-0.1, -0.05) is 158 Å². The van der Waals surface area contributed by atoms with Crippen molar-refractivity contribution in [3.05, 3.63) is 200 Å². The summed E-state index contributed by atoms with van der Waals surface area (Å²) in [5.41, 5.74) is 14.6. The molecule has 0 fully saturated rings. The van der Waals surface area contributed by atoms with E-state index in [4.69, 9.17) is 14.4 Å². The summed E-state index contributed by atoms with van der Waals surface area (Å²) in [4.78, 5) is 10.3. The monoisotopic (exact) mass is 715 g/mol. The Balaban J connectivity index is 1.13. The number of furan rings is 1. The van der Waals surface area contributed by atoms with Crippen LogP contribution in [-0.4, -0.2) is 14.5 Å². The first-order chi connectivity index (χ1) is 27.8. The maximum atomic E-state index is 6.37. The van der Waals surface area contributed by atoms with E-state index in [2.05, 4.69) is 168 Å². The molecule has 0 amide bonds. The third-order valence-electron chi connectivity index (χ3n) is 10.8. The molecule has 11 aromatic rings. The molecule has 56 heavy (non-hydrogen) atoms. The predicted molar refractivity (Wildman–Crippen MR) is 231 cm³/mol. The zero-order valence-electron chi connectivity index (χ0n) is 30.3. The van der Waals surface area contributed by atoms with Crippen LogP contribution in [0.1, 0.15) is 0 Å². The Morgan fingerprint density at radius 1 is 0.375 bits per heavy atom. The van der Waals surface area contributed by atoms with Crippen LogP contribution < -0.4 is 0 Å². The molecule has 8 aromatic carbocycles. The molecule has 3 aromatic heterocycles. The van der Waals surface area contributed by atoms with Crippen LogP contribution in [0.2, 0.25) is 0 Å². The molecule has 4 heteroatoms. The average molecular weight is 716 g/mol. The van der Waals surface area contributed by atoms with Crippen molar-refractivity contribution in [2.75, 3.05) is 0 Å². The predicted octanol–water partition coefficient (Wildman–Crippen LogP) is 13.8.